The Labute approximate surface area is 99.9 Å². The largest absolute Gasteiger partial charge is 0.507 e. The van der Waals surface area contributed by atoms with Gasteiger partial charge in [-0.3, -0.25) is 0 Å². The van der Waals surface area contributed by atoms with Crippen molar-refractivity contribution in [2.45, 2.75) is 12.5 Å². The van der Waals surface area contributed by atoms with Crippen LogP contribution < -0.4 is 0 Å². The molecule has 2 atom stereocenters. The van der Waals surface area contributed by atoms with Crippen LogP contribution in [0.2, 0.25) is 0 Å². The van der Waals surface area contributed by atoms with E-state index >= 15 is 0 Å². The van der Waals surface area contributed by atoms with Crippen molar-refractivity contribution in [2.75, 3.05) is 0 Å². The van der Waals surface area contributed by atoms with Crippen molar-refractivity contribution in [3.63, 3.8) is 0 Å². The summed E-state index contributed by atoms with van der Waals surface area (Å²) in [6, 6.07) is 11.0. The fourth-order valence-corrected chi connectivity index (χ4v) is 1.89. The van der Waals surface area contributed by atoms with Crippen LogP contribution in [0.15, 0.2) is 48.2 Å². The number of aliphatic hydroxyl groups is 2. The number of hydrogen-bond donors (Lipinski definition) is 2. The third-order valence-corrected chi connectivity index (χ3v) is 3.08. The molecule has 17 heavy (non-hydrogen) atoms. The Bertz CT molecular complexity index is 525. The van der Waals surface area contributed by atoms with E-state index in [0.717, 1.165) is 5.56 Å². The molecular weight excluding hydrogens is 214 g/mol. The first-order valence-electron chi connectivity index (χ1n) is 5.40. The van der Waals surface area contributed by atoms with Crippen LogP contribution >= 0.6 is 0 Å². The van der Waals surface area contributed by atoms with Crippen molar-refractivity contribution >= 4 is 5.57 Å². The van der Waals surface area contributed by atoms with Crippen LogP contribution in [0.3, 0.4) is 0 Å². The molecule has 1 aliphatic carbocycles. The number of aliphatic hydroxyl groups excluding tert-OH is 1. The average Bonchev–Trinajstić information content (AvgIpc) is 2.37. The molecule has 0 unspecified atom stereocenters. The summed E-state index contributed by atoms with van der Waals surface area (Å²) in [6.07, 6.45) is 3.46. The number of benzene rings is 1. The first kappa shape index (κ1) is 11.4. The topological polar surface area (TPSA) is 64.2 Å². The van der Waals surface area contributed by atoms with Crippen LogP contribution in [0.5, 0.6) is 0 Å². The van der Waals surface area contributed by atoms with Crippen molar-refractivity contribution in [1.82, 2.24) is 0 Å². The number of hydrogen-bond acceptors (Lipinski definition) is 3. The second-order valence-corrected chi connectivity index (χ2v) is 4.15. The van der Waals surface area contributed by atoms with Crippen LogP contribution in [0.4, 0.5) is 0 Å². The van der Waals surface area contributed by atoms with Crippen LogP contribution in [0.1, 0.15) is 12.5 Å². The molecule has 1 aromatic carbocycles. The van der Waals surface area contributed by atoms with Crippen molar-refractivity contribution in [3.8, 4) is 6.07 Å². The first-order valence-corrected chi connectivity index (χ1v) is 5.40. The number of nitriles is 1. The molecule has 0 saturated heterocycles. The zero-order valence-electron chi connectivity index (χ0n) is 9.46. The number of allylic oxidation sites excluding steroid dienone is 2. The van der Waals surface area contributed by atoms with Gasteiger partial charge in [0, 0.05) is 11.5 Å². The van der Waals surface area contributed by atoms with E-state index in [1.165, 1.54) is 0 Å². The van der Waals surface area contributed by atoms with E-state index in [9.17, 15) is 10.2 Å². The van der Waals surface area contributed by atoms with Gasteiger partial charge in [-0.1, -0.05) is 49.4 Å². The monoisotopic (exact) mass is 227 g/mol. The summed E-state index contributed by atoms with van der Waals surface area (Å²) in [5.74, 6) is -0.707. The maximum absolute atomic E-state index is 10.1. The van der Waals surface area contributed by atoms with Gasteiger partial charge in [0.1, 0.15) is 11.8 Å². The van der Waals surface area contributed by atoms with E-state index in [1.54, 1.807) is 25.1 Å². The van der Waals surface area contributed by atoms with Gasteiger partial charge in [0.15, 0.2) is 0 Å². The van der Waals surface area contributed by atoms with E-state index in [1.807, 2.05) is 30.3 Å². The molecule has 1 aliphatic rings. The first-order chi connectivity index (χ1) is 8.09. The minimum absolute atomic E-state index is 0.277. The van der Waals surface area contributed by atoms with Gasteiger partial charge < -0.3 is 10.2 Å². The second kappa shape index (κ2) is 4.08. The van der Waals surface area contributed by atoms with Gasteiger partial charge in [-0.2, -0.15) is 5.26 Å². The van der Waals surface area contributed by atoms with Crippen LogP contribution in [0, 0.1) is 17.2 Å². The maximum atomic E-state index is 10.1. The van der Waals surface area contributed by atoms with Gasteiger partial charge in [0.05, 0.1) is 0 Å². The summed E-state index contributed by atoms with van der Waals surface area (Å²) in [6.45, 7) is 1.69. The smallest absolute Gasteiger partial charge is 0.215 e. The molecule has 3 nitrogen and oxygen atoms in total. The summed E-state index contributed by atoms with van der Waals surface area (Å²) < 4.78 is 0. The van der Waals surface area contributed by atoms with Gasteiger partial charge >= 0.3 is 0 Å². The Hall–Kier alpha value is -2.05. The lowest BCUT2D eigenvalue weighted by Gasteiger charge is -2.29. The molecule has 0 spiro atoms. The van der Waals surface area contributed by atoms with Gasteiger partial charge in [0.25, 0.3) is 0 Å². The molecular formula is C14H13NO2. The van der Waals surface area contributed by atoms with Crippen molar-refractivity contribution in [3.05, 3.63) is 53.8 Å². The summed E-state index contributed by atoms with van der Waals surface area (Å²) >= 11 is 0. The molecule has 2 rings (SSSR count). The lowest BCUT2D eigenvalue weighted by Crippen LogP contribution is -2.38. The van der Waals surface area contributed by atoms with Gasteiger partial charge in [-0.05, 0) is 5.56 Å². The molecule has 1 aromatic rings. The molecule has 0 saturated carbocycles. The number of nitrogens with zero attached hydrogens (tertiary/aromatic N) is 1. The molecule has 3 heteroatoms. The van der Waals surface area contributed by atoms with Crippen LogP contribution in [-0.4, -0.2) is 15.8 Å². The molecule has 0 fully saturated rings. The normalized spacial score (nSPS) is 27.9. The molecule has 0 bridgehead atoms. The summed E-state index contributed by atoms with van der Waals surface area (Å²) in [4.78, 5) is 0. The fourth-order valence-electron chi connectivity index (χ4n) is 1.89. The number of rotatable bonds is 1. The maximum Gasteiger partial charge on any atom is 0.215 e. The average molecular weight is 227 g/mol. The Morgan fingerprint density at radius 2 is 1.94 bits per heavy atom. The highest BCUT2D eigenvalue weighted by Gasteiger charge is 2.41. The molecule has 2 N–H and O–H groups in total. The van der Waals surface area contributed by atoms with Gasteiger partial charge in [-0.25, -0.2) is 0 Å². The van der Waals surface area contributed by atoms with Crippen LogP contribution in [0.25, 0.3) is 5.57 Å². The van der Waals surface area contributed by atoms with E-state index in [-0.39, 0.29) is 5.76 Å². The molecule has 86 valence electrons. The highest BCUT2D eigenvalue weighted by atomic mass is 16.3. The fraction of sp³-hybridized carbons (Fsp3) is 0.214. The van der Waals surface area contributed by atoms with Crippen LogP contribution in [-0.2, 0) is 0 Å². The Morgan fingerprint density at radius 3 is 2.53 bits per heavy atom. The molecule has 0 radical (unpaired) electrons. The minimum Gasteiger partial charge on any atom is -0.507 e. The van der Waals surface area contributed by atoms with Crippen molar-refractivity contribution < 1.29 is 10.2 Å². The third-order valence-electron chi connectivity index (χ3n) is 3.08. The van der Waals surface area contributed by atoms with E-state index in [4.69, 9.17) is 5.26 Å². The Kier molecular flexibility index (Phi) is 2.74. The highest BCUT2D eigenvalue weighted by Crippen LogP contribution is 2.35. The predicted molar refractivity (Wildman–Crippen MR) is 64.9 cm³/mol. The zero-order valence-corrected chi connectivity index (χ0v) is 9.46. The minimum atomic E-state index is -1.83. The quantitative estimate of drug-likeness (QED) is 0.724. The second-order valence-electron chi connectivity index (χ2n) is 4.15. The SMILES string of the molecule is C[C@H]1C=CC(c2ccccc2)=C(O)[C@@]1(O)C#N. The molecule has 0 aromatic heterocycles. The molecule has 0 amide bonds. The van der Waals surface area contributed by atoms with Gasteiger partial charge in [0.2, 0.25) is 5.60 Å². The lowest BCUT2D eigenvalue weighted by molar-refractivity contribution is 0.0551. The summed E-state index contributed by atoms with van der Waals surface area (Å²) in [5, 5.41) is 29.2. The highest BCUT2D eigenvalue weighted by molar-refractivity contribution is 5.78. The Morgan fingerprint density at radius 1 is 1.29 bits per heavy atom. The summed E-state index contributed by atoms with van der Waals surface area (Å²) in [7, 11) is 0. The molecule has 0 heterocycles. The van der Waals surface area contributed by atoms with E-state index in [2.05, 4.69) is 0 Å². The van der Waals surface area contributed by atoms with E-state index < -0.39 is 11.5 Å². The van der Waals surface area contributed by atoms with Crippen molar-refractivity contribution in [1.29, 1.82) is 5.26 Å². The predicted octanol–water partition coefficient (Wildman–Crippen LogP) is 2.42. The zero-order chi connectivity index (χ0) is 12.5. The summed E-state index contributed by atoms with van der Waals surface area (Å²) in [5.41, 5.74) is -0.561. The third kappa shape index (κ3) is 1.73. The lowest BCUT2D eigenvalue weighted by atomic mass is 9.80. The van der Waals surface area contributed by atoms with Gasteiger partial charge in [-0.15, -0.1) is 0 Å². The Balaban J connectivity index is 2.56. The van der Waals surface area contributed by atoms with Crippen molar-refractivity contribution in [2.24, 2.45) is 5.92 Å². The standard InChI is InChI=1S/C14H13NO2/c1-10-7-8-12(11-5-3-2-4-6-11)13(16)14(10,17)9-15/h2-8,10,16-17H,1H3/t10-,14+/m0/s1. The molecule has 0 aliphatic heterocycles. The van der Waals surface area contributed by atoms with E-state index in [0.29, 0.717) is 5.57 Å².